The summed E-state index contributed by atoms with van der Waals surface area (Å²) in [6.07, 6.45) is 4.14. The van der Waals surface area contributed by atoms with E-state index in [1.807, 2.05) is 36.6 Å². The summed E-state index contributed by atoms with van der Waals surface area (Å²) >= 11 is 3.24. The second kappa shape index (κ2) is 8.00. The number of amides is 1. The zero-order valence-corrected chi connectivity index (χ0v) is 17.1. The number of carbonyl (C=O) groups is 1. The fourth-order valence-corrected chi connectivity index (χ4v) is 4.78. The molecular weight excluding hydrogens is 376 g/mol. The molecule has 2 aromatic carbocycles. The third-order valence-electron chi connectivity index (χ3n) is 4.83. The van der Waals surface area contributed by atoms with E-state index in [0.29, 0.717) is 12.1 Å². The van der Waals surface area contributed by atoms with E-state index >= 15 is 0 Å². The summed E-state index contributed by atoms with van der Waals surface area (Å²) in [6.45, 7) is 3.37. The molecule has 140 valence electrons. The van der Waals surface area contributed by atoms with Crippen LogP contribution in [0.4, 0.5) is 5.13 Å². The molecule has 1 atom stereocenters. The van der Waals surface area contributed by atoms with Crippen LogP contribution in [0.2, 0.25) is 0 Å². The zero-order valence-electron chi connectivity index (χ0n) is 15.5. The van der Waals surface area contributed by atoms with Gasteiger partial charge in [-0.25, -0.2) is 4.98 Å². The van der Waals surface area contributed by atoms with Crippen molar-refractivity contribution in [3.8, 4) is 0 Å². The standard InChI is InChI=1S/C21H22N2O2S2/c1-14-5-3-7-18-19(14)22-21(27-18)23(13-16-6-4-12-25-16)20(24)15-8-10-17(26-2)11-9-15/h3,5,7-11,16H,4,6,12-13H2,1-2H3. The van der Waals surface area contributed by atoms with E-state index < -0.39 is 0 Å². The molecule has 0 N–H and O–H groups in total. The summed E-state index contributed by atoms with van der Waals surface area (Å²) in [6, 6.07) is 13.9. The monoisotopic (exact) mass is 398 g/mol. The Morgan fingerprint density at radius 1 is 1.30 bits per heavy atom. The minimum Gasteiger partial charge on any atom is -0.376 e. The number of thioether (sulfide) groups is 1. The zero-order chi connectivity index (χ0) is 18.8. The molecule has 6 heteroatoms. The molecule has 1 fully saturated rings. The van der Waals surface area contributed by atoms with Crippen LogP contribution < -0.4 is 4.90 Å². The van der Waals surface area contributed by atoms with Crippen molar-refractivity contribution in [1.82, 2.24) is 4.98 Å². The number of carbonyl (C=O) groups excluding carboxylic acids is 1. The average molecular weight is 399 g/mol. The lowest BCUT2D eigenvalue weighted by atomic mass is 10.2. The van der Waals surface area contributed by atoms with Crippen molar-refractivity contribution in [2.24, 2.45) is 0 Å². The molecule has 1 saturated heterocycles. The molecule has 1 unspecified atom stereocenters. The Morgan fingerprint density at radius 3 is 2.78 bits per heavy atom. The number of thiazole rings is 1. The highest BCUT2D eigenvalue weighted by molar-refractivity contribution is 7.98. The van der Waals surface area contributed by atoms with Crippen LogP contribution in [-0.2, 0) is 4.74 Å². The highest BCUT2D eigenvalue weighted by Crippen LogP contribution is 2.32. The van der Waals surface area contributed by atoms with Gasteiger partial charge in [0.1, 0.15) is 0 Å². The predicted molar refractivity (Wildman–Crippen MR) is 113 cm³/mol. The first-order valence-corrected chi connectivity index (χ1v) is 11.1. The van der Waals surface area contributed by atoms with Crippen LogP contribution in [0, 0.1) is 6.92 Å². The summed E-state index contributed by atoms with van der Waals surface area (Å²) in [4.78, 5) is 21.1. The lowest BCUT2D eigenvalue weighted by Crippen LogP contribution is -2.37. The second-order valence-electron chi connectivity index (χ2n) is 6.70. The highest BCUT2D eigenvalue weighted by atomic mass is 32.2. The Hall–Kier alpha value is -1.89. The summed E-state index contributed by atoms with van der Waals surface area (Å²) in [5.41, 5.74) is 2.78. The van der Waals surface area contributed by atoms with Gasteiger partial charge in [-0.05, 0) is 61.9 Å². The van der Waals surface area contributed by atoms with Crippen LogP contribution in [0.5, 0.6) is 0 Å². The van der Waals surface area contributed by atoms with Crippen LogP contribution in [0.1, 0.15) is 28.8 Å². The molecule has 3 aromatic rings. The number of benzene rings is 2. The predicted octanol–water partition coefficient (Wildman–Crippen LogP) is 5.15. The molecule has 0 saturated carbocycles. The molecule has 4 nitrogen and oxygen atoms in total. The van der Waals surface area contributed by atoms with Crippen molar-refractivity contribution in [2.75, 3.05) is 24.3 Å². The minimum atomic E-state index is -0.0186. The Kier molecular flexibility index (Phi) is 5.48. The third-order valence-corrected chi connectivity index (χ3v) is 6.62. The van der Waals surface area contributed by atoms with E-state index in [1.165, 1.54) is 0 Å². The number of aryl methyl sites for hydroxylation is 1. The maximum Gasteiger partial charge on any atom is 0.260 e. The number of rotatable bonds is 5. The summed E-state index contributed by atoms with van der Waals surface area (Å²) < 4.78 is 6.91. The van der Waals surface area contributed by atoms with E-state index in [9.17, 15) is 4.79 Å². The molecule has 4 rings (SSSR count). The lowest BCUT2D eigenvalue weighted by molar-refractivity contribution is 0.0917. The van der Waals surface area contributed by atoms with Crippen molar-refractivity contribution in [2.45, 2.75) is 30.8 Å². The van der Waals surface area contributed by atoms with Gasteiger partial charge in [0.15, 0.2) is 5.13 Å². The molecule has 0 bridgehead atoms. The maximum atomic E-state index is 13.3. The van der Waals surface area contributed by atoms with Gasteiger partial charge >= 0.3 is 0 Å². The Balaban J connectivity index is 1.70. The van der Waals surface area contributed by atoms with Crippen molar-refractivity contribution in [3.63, 3.8) is 0 Å². The van der Waals surface area contributed by atoms with Crippen molar-refractivity contribution < 1.29 is 9.53 Å². The molecule has 0 radical (unpaired) electrons. The van der Waals surface area contributed by atoms with Crippen molar-refractivity contribution in [1.29, 1.82) is 0 Å². The van der Waals surface area contributed by atoms with Gasteiger partial charge in [-0.15, -0.1) is 11.8 Å². The molecule has 1 amide bonds. The largest absolute Gasteiger partial charge is 0.376 e. The van der Waals surface area contributed by atoms with Crippen LogP contribution in [0.25, 0.3) is 10.2 Å². The highest BCUT2D eigenvalue weighted by Gasteiger charge is 2.27. The average Bonchev–Trinajstić information content (AvgIpc) is 3.36. The maximum absolute atomic E-state index is 13.3. The molecule has 1 aliphatic heterocycles. The number of nitrogens with zero attached hydrogens (tertiary/aromatic N) is 2. The number of fused-ring (bicyclic) bond motifs is 1. The van der Waals surface area contributed by atoms with Gasteiger partial charge in [0, 0.05) is 17.1 Å². The molecule has 0 aliphatic carbocycles. The molecule has 0 spiro atoms. The number of aromatic nitrogens is 1. The SMILES string of the molecule is CSc1ccc(C(=O)N(CC2CCCO2)c2nc3c(C)cccc3s2)cc1. The normalized spacial score (nSPS) is 16.7. The van der Waals surface area contributed by atoms with E-state index in [-0.39, 0.29) is 12.0 Å². The first kappa shape index (κ1) is 18.5. The lowest BCUT2D eigenvalue weighted by Gasteiger charge is -2.23. The molecule has 2 heterocycles. The van der Waals surface area contributed by atoms with Crippen molar-refractivity contribution >= 4 is 44.4 Å². The molecule has 27 heavy (non-hydrogen) atoms. The Morgan fingerprint density at radius 2 is 2.11 bits per heavy atom. The number of ether oxygens (including phenoxy) is 1. The van der Waals surface area contributed by atoms with Crippen LogP contribution in [0.15, 0.2) is 47.4 Å². The fraction of sp³-hybridized carbons (Fsp3) is 0.333. The minimum absolute atomic E-state index is 0.0186. The van der Waals surface area contributed by atoms with Crippen LogP contribution >= 0.6 is 23.1 Å². The quantitative estimate of drug-likeness (QED) is 0.557. The first-order chi connectivity index (χ1) is 13.2. The Bertz CT molecular complexity index is 946. The summed E-state index contributed by atoms with van der Waals surface area (Å²) in [5, 5.41) is 0.744. The smallest absolute Gasteiger partial charge is 0.260 e. The van der Waals surface area contributed by atoms with Crippen molar-refractivity contribution in [3.05, 3.63) is 53.6 Å². The van der Waals surface area contributed by atoms with Crippen LogP contribution in [0.3, 0.4) is 0 Å². The van der Waals surface area contributed by atoms with Gasteiger partial charge in [0.25, 0.3) is 5.91 Å². The molecule has 1 aromatic heterocycles. The van der Waals surface area contributed by atoms with Gasteiger partial charge in [-0.1, -0.05) is 23.5 Å². The van der Waals surface area contributed by atoms with Gasteiger partial charge in [-0.2, -0.15) is 0 Å². The van der Waals surface area contributed by atoms with Gasteiger partial charge in [0.2, 0.25) is 0 Å². The van der Waals surface area contributed by atoms with Gasteiger partial charge < -0.3 is 4.74 Å². The third kappa shape index (κ3) is 3.88. The van der Waals surface area contributed by atoms with E-state index in [2.05, 4.69) is 19.1 Å². The molecule has 1 aliphatic rings. The second-order valence-corrected chi connectivity index (χ2v) is 8.59. The van der Waals surface area contributed by atoms with Gasteiger partial charge in [-0.3, -0.25) is 9.69 Å². The van der Waals surface area contributed by atoms with Gasteiger partial charge in [0.05, 0.1) is 22.9 Å². The number of hydrogen-bond acceptors (Lipinski definition) is 5. The number of para-hydroxylation sites is 1. The summed E-state index contributed by atoms with van der Waals surface area (Å²) in [5.74, 6) is -0.0186. The topological polar surface area (TPSA) is 42.4 Å². The first-order valence-electron chi connectivity index (χ1n) is 9.09. The fourth-order valence-electron chi connectivity index (χ4n) is 3.32. The van der Waals surface area contributed by atoms with E-state index in [1.54, 1.807) is 28.0 Å². The van der Waals surface area contributed by atoms with Crippen LogP contribution in [-0.4, -0.2) is 36.4 Å². The number of hydrogen-bond donors (Lipinski definition) is 0. The van der Waals surface area contributed by atoms with E-state index in [4.69, 9.17) is 9.72 Å². The Labute approximate surface area is 167 Å². The number of anilines is 1. The molecular formula is C21H22N2O2S2. The summed E-state index contributed by atoms with van der Waals surface area (Å²) in [7, 11) is 0. The van der Waals surface area contributed by atoms with E-state index in [0.717, 1.165) is 45.3 Å².